The number of ether oxygens (including phenoxy) is 3. The molecule has 152 valence electrons. The van der Waals surface area contributed by atoms with Gasteiger partial charge in [-0.25, -0.2) is 0 Å². The zero-order valence-corrected chi connectivity index (χ0v) is 16.6. The normalized spacial score (nSPS) is 17.9. The van der Waals surface area contributed by atoms with Crippen LogP contribution in [0.25, 0.3) is 0 Å². The van der Waals surface area contributed by atoms with E-state index in [0.29, 0.717) is 37.8 Å². The Balaban J connectivity index is 1.43. The Hall–Kier alpha value is -3.22. The average molecular weight is 396 g/mol. The van der Waals surface area contributed by atoms with Crippen molar-refractivity contribution in [2.75, 3.05) is 38.8 Å². The number of carbonyl (C=O) groups excluding carboxylic acids is 2. The minimum atomic E-state index is -0.369. The van der Waals surface area contributed by atoms with Crippen LogP contribution < -0.4 is 19.1 Å². The lowest BCUT2D eigenvalue weighted by atomic mass is 10.1. The Labute approximate surface area is 169 Å². The van der Waals surface area contributed by atoms with Crippen molar-refractivity contribution >= 4 is 17.5 Å². The topological polar surface area (TPSA) is 68.3 Å². The molecule has 1 saturated heterocycles. The smallest absolute Gasteiger partial charge is 0.228 e. The third-order valence-corrected chi connectivity index (χ3v) is 5.24. The number of methoxy groups -OCH3 is 1. The molecular formula is C22H24N2O5. The van der Waals surface area contributed by atoms with Crippen LogP contribution in [0.1, 0.15) is 12.0 Å². The van der Waals surface area contributed by atoms with Gasteiger partial charge in [0, 0.05) is 38.3 Å². The number of nitrogens with zero attached hydrogens (tertiary/aromatic N) is 2. The maximum Gasteiger partial charge on any atom is 0.228 e. The second kappa shape index (κ2) is 8.03. The van der Waals surface area contributed by atoms with Crippen molar-refractivity contribution in [2.24, 2.45) is 5.92 Å². The maximum atomic E-state index is 12.9. The summed E-state index contributed by atoms with van der Waals surface area (Å²) >= 11 is 0. The van der Waals surface area contributed by atoms with Crippen molar-refractivity contribution in [3.05, 3.63) is 48.0 Å². The highest BCUT2D eigenvalue weighted by atomic mass is 16.6. The first-order valence-corrected chi connectivity index (χ1v) is 9.63. The highest BCUT2D eigenvalue weighted by molar-refractivity contribution is 6.00. The summed E-state index contributed by atoms with van der Waals surface area (Å²) in [6.07, 6.45) is 0.204. The van der Waals surface area contributed by atoms with Crippen LogP contribution in [0.15, 0.2) is 42.5 Å². The van der Waals surface area contributed by atoms with Crippen molar-refractivity contribution in [3.63, 3.8) is 0 Å². The fraction of sp³-hybridized carbons (Fsp3) is 0.364. The number of amides is 2. The van der Waals surface area contributed by atoms with Crippen LogP contribution in [0.2, 0.25) is 0 Å². The van der Waals surface area contributed by atoms with Gasteiger partial charge in [-0.15, -0.1) is 0 Å². The summed E-state index contributed by atoms with van der Waals surface area (Å²) in [5.41, 5.74) is 1.71. The fourth-order valence-electron chi connectivity index (χ4n) is 3.76. The van der Waals surface area contributed by atoms with Gasteiger partial charge in [0.1, 0.15) is 19.0 Å². The second-order valence-electron chi connectivity index (χ2n) is 7.28. The maximum absolute atomic E-state index is 12.9. The molecule has 0 radical (unpaired) electrons. The molecule has 7 heteroatoms. The third-order valence-electron chi connectivity index (χ3n) is 5.24. The monoisotopic (exact) mass is 396 g/mol. The molecule has 0 aromatic heterocycles. The van der Waals surface area contributed by atoms with Crippen LogP contribution in [0.3, 0.4) is 0 Å². The van der Waals surface area contributed by atoms with E-state index in [4.69, 9.17) is 14.2 Å². The molecule has 0 unspecified atom stereocenters. The molecule has 0 saturated carbocycles. The zero-order valence-electron chi connectivity index (χ0n) is 16.6. The summed E-state index contributed by atoms with van der Waals surface area (Å²) in [7, 11) is 3.38. The lowest BCUT2D eigenvalue weighted by molar-refractivity contribution is -0.135. The molecule has 0 spiro atoms. The van der Waals surface area contributed by atoms with E-state index in [1.54, 1.807) is 36.1 Å². The number of benzene rings is 2. The van der Waals surface area contributed by atoms with Gasteiger partial charge in [-0.1, -0.05) is 12.1 Å². The Kier molecular flexibility index (Phi) is 5.29. The minimum absolute atomic E-state index is 0.0405. The number of hydrogen-bond donors (Lipinski definition) is 0. The molecular weight excluding hydrogens is 372 g/mol. The van der Waals surface area contributed by atoms with Gasteiger partial charge in [0.25, 0.3) is 0 Å². The van der Waals surface area contributed by atoms with Crippen LogP contribution in [0.5, 0.6) is 17.2 Å². The fourth-order valence-corrected chi connectivity index (χ4v) is 3.76. The molecule has 0 bridgehead atoms. The van der Waals surface area contributed by atoms with E-state index in [0.717, 1.165) is 17.0 Å². The van der Waals surface area contributed by atoms with Gasteiger partial charge in [0.2, 0.25) is 11.8 Å². The molecule has 0 aliphatic carbocycles. The molecule has 1 fully saturated rings. The lowest BCUT2D eigenvalue weighted by Gasteiger charge is -2.23. The SMILES string of the molecule is COc1cccc(CN(C)C(=O)[C@@H]2CC(=O)N(c3ccc4c(c3)OCCO4)C2)c1. The number of anilines is 1. The number of rotatable bonds is 5. The molecule has 2 aliphatic rings. The first kappa shape index (κ1) is 19.1. The van der Waals surface area contributed by atoms with Gasteiger partial charge in [0.05, 0.1) is 13.0 Å². The molecule has 2 aromatic rings. The van der Waals surface area contributed by atoms with Crippen LogP contribution in [0, 0.1) is 5.92 Å². The van der Waals surface area contributed by atoms with Crippen LogP contribution in [0.4, 0.5) is 5.69 Å². The second-order valence-corrected chi connectivity index (χ2v) is 7.28. The summed E-state index contributed by atoms with van der Waals surface area (Å²) in [6.45, 7) is 1.83. The predicted molar refractivity (Wildman–Crippen MR) is 107 cm³/mol. The number of carbonyl (C=O) groups is 2. The van der Waals surface area contributed by atoms with Crippen molar-refractivity contribution < 1.29 is 23.8 Å². The lowest BCUT2D eigenvalue weighted by Crippen LogP contribution is -2.34. The number of hydrogen-bond acceptors (Lipinski definition) is 5. The highest BCUT2D eigenvalue weighted by Crippen LogP contribution is 2.36. The van der Waals surface area contributed by atoms with Gasteiger partial charge in [-0.3, -0.25) is 9.59 Å². The zero-order chi connectivity index (χ0) is 20.4. The van der Waals surface area contributed by atoms with Gasteiger partial charge in [0.15, 0.2) is 11.5 Å². The number of fused-ring (bicyclic) bond motifs is 1. The molecule has 1 atom stereocenters. The van der Waals surface area contributed by atoms with Gasteiger partial charge in [-0.2, -0.15) is 0 Å². The molecule has 0 N–H and O–H groups in total. The highest BCUT2D eigenvalue weighted by Gasteiger charge is 2.37. The first-order chi connectivity index (χ1) is 14.0. The van der Waals surface area contributed by atoms with E-state index in [9.17, 15) is 9.59 Å². The molecule has 2 aliphatic heterocycles. The van der Waals surface area contributed by atoms with Gasteiger partial charge < -0.3 is 24.0 Å². The van der Waals surface area contributed by atoms with Crippen LogP contribution in [-0.4, -0.2) is 50.6 Å². The van der Waals surface area contributed by atoms with Gasteiger partial charge in [-0.05, 0) is 29.8 Å². The summed E-state index contributed by atoms with van der Waals surface area (Å²) < 4.78 is 16.4. The molecule has 4 rings (SSSR count). The molecule has 2 aromatic carbocycles. The van der Waals surface area contributed by atoms with Crippen LogP contribution in [-0.2, 0) is 16.1 Å². The van der Waals surface area contributed by atoms with Crippen molar-refractivity contribution in [2.45, 2.75) is 13.0 Å². The van der Waals surface area contributed by atoms with E-state index < -0.39 is 0 Å². The minimum Gasteiger partial charge on any atom is -0.497 e. The molecule has 2 amide bonds. The summed E-state index contributed by atoms with van der Waals surface area (Å²) in [5.74, 6) is 1.59. The third kappa shape index (κ3) is 3.99. The van der Waals surface area contributed by atoms with E-state index in [2.05, 4.69) is 0 Å². The Bertz CT molecular complexity index is 929. The predicted octanol–water partition coefficient (Wildman–Crippen LogP) is 2.48. The quantitative estimate of drug-likeness (QED) is 0.777. The van der Waals surface area contributed by atoms with Gasteiger partial charge >= 0.3 is 0 Å². The van der Waals surface area contributed by atoms with Crippen molar-refractivity contribution in [3.8, 4) is 17.2 Å². The largest absolute Gasteiger partial charge is 0.497 e. The van der Waals surface area contributed by atoms with Crippen LogP contribution >= 0.6 is 0 Å². The summed E-state index contributed by atoms with van der Waals surface area (Å²) in [5, 5.41) is 0. The van der Waals surface area contributed by atoms with Crippen molar-refractivity contribution in [1.82, 2.24) is 4.90 Å². The summed E-state index contributed by atoms with van der Waals surface area (Å²) in [6, 6.07) is 13.1. The molecule has 2 heterocycles. The van der Waals surface area contributed by atoms with E-state index in [1.807, 2.05) is 30.3 Å². The molecule has 7 nitrogen and oxygen atoms in total. The standard InChI is InChI=1S/C22H24N2O5/c1-23(13-15-4-3-5-18(10-15)27-2)22(26)16-11-21(25)24(14-16)17-6-7-19-20(12-17)29-9-8-28-19/h3-7,10,12,16H,8-9,11,13-14H2,1-2H3/t16-/m1/s1. The average Bonchev–Trinajstić information content (AvgIpc) is 3.14. The van der Waals surface area contributed by atoms with E-state index >= 15 is 0 Å². The Morgan fingerprint density at radius 3 is 2.76 bits per heavy atom. The Morgan fingerprint density at radius 2 is 1.97 bits per heavy atom. The van der Waals surface area contributed by atoms with E-state index in [-0.39, 0.29) is 24.2 Å². The van der Waals surface area contributed by atoms with Crippen molar-refractivity contribution in [1.29, 1.82) is 0 Å². The van der Waals surface area contributed by atoms with E-state index in [1.165, 1.54) is 0 Å². The summed E-state index contributed by atoms with van der Waals surface area (Å²) in [4.78, 5) is 28.8. The Morgan fingerprint density at radius 1 is 1.17 bits per heavy atom. The first-order valence-electron chi connectivity index (χ1n) is 9.63. The molecule has 29 heavy (non-hydrogen) atoms.